The van der Waals surface area contributed by atoms with Crippen LogP contribution in [-0.2, 0) is 21.0 Å². The molecule has 1 unspecified atom stereocenters. The van der Waals surface area contributed by atoms with Gasteiger partial charge in [0, 0.05) is 32.2 Å². The second kappa shape index (κ2) is 8.87. The number of ether oxygens (including phenoxy) is 1. The Labute approximate surface area is 191 Å². The SMILES string of the molecule is CC(C)(C)OC(=O)N1CCN(C2CCCc3cc(S(=O)(=O)c4ccccc4)ccc32)CC1. The summed E-state index contributed by atoms with van der Waals surface area (Å²) >= 11 is 0. The summed E-state index contributed by atoms with van der Waals surface area (Å²) in [7, 11) is -3.52. The van der Waals surface area contributed by atoms with Gasteiger partial charge in [0.05, 0.1) is 9.79 Å². The van der Waals surface area contributed by atoms with E-state index < -0.39 is 15.4 Å². The maximum absolute atomic E-state index is 13.0. The summed E-state index contributed by atoms with van der Waals surface area (Å²) in [5, 5.41) is 0. The molecule has 1 heterocycles. The van der Waals surface area contributed by atoms with Crippen LogP contribution < -0.4 is 0 Å². The molecule has 2 aliphatic rings. The molecule has 1 aliphatic carbocycles. The zero-order valence-corrected chi connectivity index (χ0v) is 19.9. The number of aryl methyl sites for hydroxylation is 1. The van der Waals surface area contributed by atoms with Gasteiger partial charge in [-0.2, -0.15) is 0 Å². The number of piperazine rings is 1. The predicted octanol–water partition coefficient (Wildman–Crippen LogP) is 4.45. The third kappa shape index (κ3) is 4.84. The second-order valence-corrected chi connectivity index (χ2v) is 11.5. The van der Waals surface area contributed by atoms with Crippen LogP contribution in [0.4, 0.5) is 4.79 Å². The molecule has 0 bridgehead atoms. The standard InChI is InChI=1S/C25H32N2O4S/c1-25(2,3)31-24(28)27-16-14-26(15-17-27)23-11-7-8-19-18-21(12-13-22(19)23)32(29,30)20-9-5-4-6-10-20/h4-6,9-10,12-13,18,23H,7-8,11,14-17H2,1-3H3. The van der Waals surface area contributed by atoms with Crippen LogP contribution in [0.25, 0.3) is 0 Å². The molecule has 1 fully saturated rings. The van der Waals surface area contributed by atoms with E-state index in [1.54, 1.807) is 35.2 Å². The highest BCUT2D eigenvalue weighted by Gasteiger charge is 2.32. The van der Waals surface area contributed by atoms with Crippen molar-refractivity contribution in [3.63, 3.8) is 0 Å². The molecule has 0 saturated carbocycles. The Morgan fingerprint density at radius 3 is 2.31 bits per heavy atom. The number of fused-ring (bicyclic) bond motifs is 1. The van der Waals surface area contributed by atoms with Gasteiger partial charge in [-0.05, 0) is 75.4 Å². The van der Waals surface area contributed by atoms with Crippen LogP contribution >= 0.6 is 0 Å². The fraction of sp³-hybridized carbons (Fsp3) is 0.480. The van der Waals surface area contributed by atoms with E-state index >= 15 is 0 Å². The van der Waals surface area contributed by atoms with Crippen LogP contribution in [-0.4, -0.2) is 56.1 Å². The summed E-state index contributed by atoms with van der Waals surface area (Å²) in [5.74, 6) is 0. The third-order valence-electron chi connectivity index (χ3n) is 6.17. The number of carbonyl (C=O) groups excluding carboxylic acids is 1. The quantitative estimate of drug-likeness (QED) is 0.683. The van der Waals surface area contributed by atoms with E-state index in [1.165, 1.54) is 5.56 Å². The Hall–Kier alpha value is -2.38. The smallest absolute Gasteiger partial charge is 0.410 e. The van der Waals surface area contributed by atoms with Crippen LogP contribution in [0, 0.1) is 0 Å². The van der Waals surface area contributed by atoms with Crippen molar-refractivity contribution < 1.29 is 17.9 Å². The molecule has 1 atom stereocenters. The number of hydrogen-bond acceptors (Lipinski definition) is 5. The molecule has 1 saturated heterocycles. The molecule has 0 aromatic heterocycles. The minimum Gasteiger partial charge on any atom is -0.444 e. The van der Waals surface area contributed by atoms with E-state index in [2.05, 4.69) is 4.90 Å². The van der Waals surface area contributed by atoms with Crippen molar-refractivity contribution >= 4 is 15.9 Å². The molecule has 0 spiro atoms. The largest absolute Gasteiger partial charge is 0.444 e. The van der Waals surface area contributed by atoms with Gasteiger partial charge in [0.15, 0.2) is 0 Å². The van der Waals surface area contributed by atoms with E-state index in [-0.39, 0.29) is 12.1 Å². The minimum absolute atomic E-state index is 0.253. The lowest BCUT2D eigenvalue weighted by molar-refractivity contribution is 0.00926. The molecule has 172 valence electrons. The zero-order valence-electron chi connectivity index (χ0n) is 19.1. The number of rotatable bonds is 3. The average molecular weight is 457 g/mol. The Kier molecular flexibility index (Phi) is 6.32. The van der Waals surface area contributed by atoms with Gasteiger partial charge in [0.2, 0.25) is 9.84 Å². The van der Waals surface area contributed by atoms with Crippen molar-refractivity contribution in [2.75, 3.05) is 26.2 Å². The Balaban J connectivity index is 1.49. The Bertz CT molecular complexity index is 1070. The normalized spacial score (nSPS) is 20.0. The third-order valence-corrected chi connectivity index (χ3v) is 7.93. The molecule has 2 aromatic rings. The molecule has 4 rings (SSSR count). The van der Waals surface area contributed by atoms with Gasteiger partial charge in [-0.15, -0.1) is 0 Å². The lowest BCUT2D eigenvalue weighted by Crippen LogP contribution is -2.51. The van der Waals surface area contributed by atoms with Gasteiger partial charge in [-0.3, -0.25) is 4.90 Å². The Morgan fingerprint density at radius 1 is 0.969 bits per heavy atom. The van der Waals surface area contributed by atoms with Crippen LogP contribution in [0.5, 0.6) is 0 Å². The van der Waals surface area contributed by atoms with Gasteiger partial charge >= 0.3 is 6.09 Å². The monoisotopic (exact) mass is 456 g/mol. The maximum atomic E-state index is 13.0. The predicted molar refractivity (Wildman–Crippen MR) is 123 cm³/mol. The van der Waals surface area contributed by atoms with Crippen molar-refractivity contribution in [3.05, 3.63) is 59.7 Å². The summed E-state index contributed by atoms with van der Waals surface area (Å²) < 4.78 is 31.6. The van der Waals surface area contributed by atoms with Crippen molar-refractivity contribution in [2.24, 2.45) is 0 Å². The summed E-state index contributed by atoms with van der Waals surface area (Å²) in [5.41, 5.74) is 1.84. The van der Waals surface area contributed by atoms with E-state index in [4.69, 9.17) is 4.74 Å². The number of amides is 1. The van der Waals surface area contributed by atoms with E-state index in [0.29, 0.717) is 22.9 Å². The van der Waals surface area contributed by atoms with Gasteiger partial charge in [-0.1, -0.05) is 24.3 Å². The van der Waals surface area contributed by atoms with Gasteiger partial charge in [0.25, 0.3) is 0 Å². The molecule has 6 nitrogen and oxygen atoms in total. The fourth-order valence-corrected chi connectivity index (χ4v) is 5.92. The van der Waals surface area contributed by atoms with Crippen LogP contribution in [0.15, 0.2) is 58.3 Å². The highest BCUT2D eigenvalue weighted by atomic mass is 32.2. The summed E-state index contributed by atoms with van der Waals surface area (Å²) in [6.07, 6.45) is 2.71. The number of carbonyl (C=O) groups is 1. The second-order valence-electron chi connectivity index (χ2n) is 9.59. The van der Waals surface area contributed by atoms with Crippen LogP contribution in [0.3, 0.4) is 0 Å². The molecule has 0 radical (unpaired) electrons. The fourth-order valence-electron chi connectivity index (χ4n) is 4.59. The molecule has 2 aromatic carbocycles. The maximum Gasteiger partial charge on any atom is 0.410 e. The lowest BCUT2D eigenvalue weighted by Gasteiger charge is -2.41. The number of nitrogens with zero attached hydrogens (tertiary/aromatic N) is 2. The lowest BCUT2D eigenvalue weighted by atomic mass is 9.86. The van der Waals surface area contributed by atoms with E-state index in [0.717, 1.165) is 37.9 Å². The topological polar surface area (TPSA) is 66.9 Å². The first-order chi connectivity index (χ1) is 15.1. The molecule has 32 heavy (non-hydrogen) atoms. The summed E-state index contributed by atoms with van der Waals surface area (Å²) in [4.78, 5) is 17.3. The van der Waals surface area contributed by atoms with Crippen LogP contribution in [0.2, 0.25) is 0 Å². The summed E-state index contributed by atoms with van der Waals surface area (Å²) in [6.45, 7) is 8.49. The molecule has 7 heteroatoms. The molecular weight excluding hydrogens is 424 g/mol. The first-order valence-corrected chi connectivity index (χ1v) is 12.8. The number of hydrogen-bond donors (Lipinski definition) is 0. The highest BCUT2D eigenvalue weighted by molar-refractivity contribution is 7.91. The molecule has 1 amide bonds. The molecule has 0 N–H and O–H groups in total. The van der Waals surface area contributed by atoms with E-state index in [9.17, 15) is 13.2 Å². The molecular formula is C25H32N2O4S. The summed E-state index contributed by atoms with van der Waals surface area (Å²) in [6, 6.07) is 14.5. The zero-order chi connectivity index (χ0) is 22.9. The first kappa shape index (κ1) is 22.8. The highest BCUT2D eigenvalue weighted by Crippen LogP contribution is 2.36. The van der Waals surface area contributed by atoms with Gasteiger partial charge in [-0.25, -0.2) is 13.2 Å². The van der Waals surface area contributed by atoms with Crippen LogP contribution in [0.1, 0.15) is 50.8 Å². The number of sulfone groups is 1. The van der Waals surface area contributed by atoms with Crippen molar-refractivity contribution in [1.29, 1.82) is 0 Å². The number of benzene rings is 2. The van der Waals surface area contributed by atoms with Crippen molar-refractivity contribution in [3.8, 4) is 0 Å². The minimum atomic E-state index is -3.52. The van der Waals surface area contributed by atoms with Crippen molar-refractivity contribution in [2.45, 2.75) is 61.5 Å². The first-order valence-electron chi connectivity index (χ1n) is 11.3. The average Bonchev–Trinajstić information content (AvgIpc) is 2.78. The molecule has 1 aliphatic heterocycles. The van der Waals surface area contributed by atoms with Crippen molar-refractivity contribution in [1.82, 2.24) is 9.80 Å². The Morgan fingerprint density at radius 2 is 1.66 bits per heavy atom. The van der Waals surface area contributed by atoms with E-state index in [1.807, 2.05) is 39.0 Å². The van der Waals surface area contributed by atoms with Gasteiger partial charge in [0.1, 0.15) is 5.60 Å². The van der Waals surface area contributed by atoms with Gasteiger partial charge < -0.3 is 9.64 Å².